The van der Waals surface area contributed by atoms with Crippen molar-refractivity contribution in [1.82, 2.24) is 25.6 Å². The Hall–Kier alpha value is -4.15. The second-order valence-corrected chi connectivity index (χ2v) is 7.81. The molecule has 1 aliphatic rings. The first-order valence-electron chi connectivity index (χ1n) is 10.1. The lowest BCUT2D eigenvalue weighted by atomic mass is 10.1. The Bertz CT molecular complexity index is 1200. The van der Waals surface area contributed by atoms with Crippen LogP contribution < -0.4 is 21.7 Å². The quantitative estimate of drug-likeness (QED) is 0.404. The van der Waals surface area contributed by atoms with E-state index in [0.717, 1.165) is 6.07 Å². The highest BCUT2D eigenvalue weighted by Gasteiger charge is 2.51. The van der Waals surface area contributed by atoms with Crippen LogP contribution in [0.4, 0.5) is 25.8 Å². The van der Waals surface area contributed by atoms with Crippen LogP contribution in [-0.2, 0) is 4.79 Å². The maximum atomic E-state index is 14.7. The van der Waals surface area contributed by atoms with E-state index in [4.69, 9.17) is 5.73 Å². The normalized spacial score (nSPS) is 14.8. The van der Waals surface area contributed by atoms with Gasteiger partial charge in [-0.15, -0.1) is 0 Å². The number of pyridine rings is 1. The number of carbonyl (C=O) groups is 2. The molecule has 33 heavy (non-hydrogen) atoms. The topological polar surface area (TPSA) is 135 Å². The summed E-state index contributed by atoms with van der Waals surface area (Å²) in [4.78, 5) is 36.9. The van der Waals surface area contributed by atoms with E-state index in [-0.39, 0.29) is 16.9 Å². The summed E-state index contributed by atoms with van der Waals surface area (Å²) in [5.41, 5.74) is 5.85. The second kappa shape index (κ2) is 8.77. The first kappa shape index (κ1) is 22.1. The maximum absolute atomic E-state index is 14.7. The Balaban J connectivity index is 1.41. The third-order valence-corrected chi connectivity index (χ3v) is 5.28. The van der Waals surface area contributed by atoms with Crippen LogP contribution in [0.5, 0.6) is 0 Å². The number of nitrogen functional groups attached to an aromatic ring is 1. The van der Waals surface area contributed by atoms with E-state index >= 15 is 0 Å². The molecule has 0 radical (unpaired) electrons. The number of halogens is 2. The van der Waals surface area contributed by atoms with Gasteiger partial charge in [0.1, 0.15) is 23.5 Å². The zero-order valence-corrected chi connectivity index (χ0v) is 17.6. The summed E-state index contributed by atoms with van der Waals surface area (Å²) in [7, 11) is 0. The molecule has 0 aliphatic heterocycles. The minimum absolute atomic E-state index is 0.0274. The van der Waals surface area contributed by atoms with Crippen LogP contribution in [0.15, 0.2) is 49.2 Å². The number of carbonyl (C=O) groups excluding carboxylic acids is 2. The van der Waals surface area contributed by atoms with E-state index < -0.39 is 35.0 Å². The zero-order chi connectivity index (χ0) is 23.6. The van der Waals surface area contributed by atoms with E-state index in [0.29, 0.717) is 24.2 Å². The third-order valence-electron chi connectivity index (χ3n) is 5.28. The largest absolute Gasteiger partial charge is 0.397 e. The molecular formula is C22H21F2N7O2. The lowest BCUT2D eigenvalue weighted by molar-refractivity contribution is -0.124. The Morgan fingerprint density at radius 1 is 1.12 bits per heavy atom. The number of rotatable bonds is 7. The highest BCUT2D eigenvalue weighted by molar-refractivity contribution is 6.00. The van der Waals surface area contributed by atoms with Gasteiger partial charge in [-0.1, -0.05) is 0 Å². The fourth-order valence-electron chi connectivity index (χ4n) is 3.28. The van der Waals surface area contributed by atoms with Crippen molar-refractivity contribution in [3.8, 4) is 0 Å². The van der Waals surface area contributed by atoms with Gasteiger partial charge in [-0.05, 0) is 38.0 Å². The molecule has 170 valence electrons. The predicted octanol–water partition coefficient (Wildman–Crippen LogP) is 2.62. The Labute approximate surface area is 187 Å². The van der Waals surface area contributed by atoms with Crippen molar-refractivity contribution in [2.45, 2.75) is 31.3 Å². The van der Waals surface area contributed by atoms with Crippen LogP contribution in [0.1, 0.15) is 41.9 Å². The molecule has 11 heteroatoms. The summed E-state index contributed by atoms with van der Waals surface area (Å²) in [6.45, 7) is 1.59. The van der Waals surface area contributed by atoms with Crippen molar-refractivity contribution >= 4 is 28.9 Å². The lowest BCUT2D eigenvalue weighted by Crippen LogP contribution is -2.49. The van der Waals surface area contributed by atoms with Crippen molar-refractivity contribution in [2.24, 2.45) is 0 Å². The molecular weight excluding hydrogens is 432 g/mol. The van der Waals surface area contributed by atoms with Gasteiger partial charge >= 0.3 is 0 Å². The van der Waals surface area contributed by atoms with Gasteiger partial charge in [-0.25, -0.2) is 18.7 Å². The maximum Gasteiger partial charge on any atom is 0.255 e. The zero-order valence-electron chi connectivity index (χ0n) is 17.6. The monoisotopic (exact) mass is 453 g/mol. The van der Waals surface area contributed by atoms with E-state index in [1.54, 1.807) is 6.92 Å². The van der Waals surface area contributed by atoms with Crippen molar-refractivity contribution in [2.75, 3.05) is 11.1 Å². The minimum Gasteiger partial charge on any atom is -0.397 e. The molecule has 2 amide bonds. The van der Waals surface area contributed by atoms with Gasteiger partial charge in [0, 0.05) is 18.5 Å². The number of hydrogen-bond donors (Lipinski definition) is 4. The first-order valence-corrected chi connectivity index (χ1v) is 10.1. The average Bonchev–Trinajstić information content (AvgIpc) is 3.57. The first-order chi connectivity index (χ1) is 15.8. The summed E-state index contributed by atoms with van der Waals surface area (Å²) in [5.74, 6) is -2.02. The predicted molar refractivity (Wildman–Crippen MR) is 116 cm³/mol. The van der Waals surface area contributed by atoms with Crippen LogP contribution >= 0.6 is 0 Å². The molecule has 1 aliphatic carbocycles. The summed E-state index contributed by atoms with van der Waals surface area (Å²) in [6, 6.07) is 4.26. The van der Waals surface area contributed by atoms with Crippen LogP contribution in [0.2, 0.25) is 0 Å². The van der Waals surface area contributed by atoms with Crippen LogP contribution in [0.25, 0.3) is 0 Å². The lowest BCUT2D eigenvalue weighted by Gasteiger charge is -2.21. The highest BCUT2D eigenvalue weighted by atomic mass is 19.1. The fourth-order valence-corrected chi connectivity index (χ4v) is 3.28. The van der Waals surface area contributed by atoms with E-state index in [9.17, 15) is 18.4 Å². The van der Waals surface area contributed by atoms with Crippen molar-refractivity contribution in [1.29, 1.82) is 0 Å². The number of nitrogens with one attached hydrogen (secondary N) is 3. The average molecular weight is 453 g/mol. The van der Waals surface area contributed by atoms with Crippen LogP contribution in [-0.4, -0.2) is 32.3 Å². The molecule has 0 saturated heterocycles. The van der Waals surface area contributed by atoms with Gasteiger partial charge in [-0.2, -0.15) is 0 Å². The molecule has 1 atom stereocenters. The van der Waals surface area contributed by atoms with E-state index in [1.165, 1.54) is 43.1 Å². The molecule has 1 fully saturated rings. The number of aromatic nitrogens is 3. The van der Waals surface area contributed by atoms with Crippen molar-refractivity contribution < 1.29 is 18.4 Å². The Kier molecular flexibility index (Phi) is 5.86. The molecule has 0 bridgehead atoms. The molecule has 2 aromatic heterocycles. The van der Waals surface area contributed by atoms with E-state index in [1.807, 2.05) is 0 Å². The SMILES string of the molecule is C[C@@H](NC(=O)C1(NC(=O)c2cncnc2)CC1)c1ncc(Nc2ccc(F)cc2N)cc1F. The smallest absolute Gasteiger partial charge is 0.255 e. The summed E-state index contributed by atoms with van der Waals surface area (Å²) < 4.78 is 27.9. The Morgan fingerprint density at radius 2 is 1.85 bits per heavy atom. The van der Waals surface area contributed by atoms with E-state index in [2.05, 4.69) is 30.9 Å². The van der Waals surface area contributed by atoms with Gasteiger partial charge in [0.25, 0.3) is 5.91 Å². The second-order valence-electron chi connectivity index (χ2n) is 7.81. The molecule has 2 heterocycles. The summed E-state index contributed by atoms with van der Waals surface area (Å²) >= 11 is 0. The third kappa shape index (κ3) is 4.86. The number of amides is 2. The molecule has 3 aromatic rings. The van der Waals surface area contributed by atoms with Gasteiger partial charge < -0.3 is 21.7 Å². The molecule has 9 nitrogen and oxygen atoms in total. The Morgan fingerprint density at radius 3 is 2.48 bits per heavy atom. The van der Waals surface area contributed by atoms with Gasteiger partial charge in [0.15, 0.2) is 0 Å². The van der Waals surface area contributed by atoms with Crippen LogP contribution in [0, 0.1) is 11.6 Å². The van der Waals surface area contributed by atoms with Crippen molar-refractivity contribution in [3.63, 3.8) is 0 Å². The van der Waals surface area contributed by atoms with Crippen LogP contribution in [0.3, 0.4) is 0 Å². The molecule has 5 N–H and O–H groups in total. The molecule has 0 spiro atoms. The van der Waals surface area contributed by atoms with Gasteiger partial charge in [-0.3, -0.25) is 14.6 Å². The summed E-state index contributed by atoms with van der Waals surface area (Å²) in [5, 5.41) is 8.30. The molecule has 0 unspecified atom stereocenters. The standard InChI is InChI=1S/C22H21F2N7O2/c1-12(29-21(33)22(4-5-22)31-20(32)13-8-26-11-27-9-13)19-16(24)7-15(10-28-19)30-18-3-2-14(23)6-17(18)25/h2-3,6-12,30H,4-5,25H2,1H3,(H,29,33)(H,31,32)/t12-/m1/s1. The number of benzene rings is 1. The number of hydrogen-bond acceptors (Lipinski definition) is 7. The number of anilines is 3. The molecule has 1 aromatic carbocycles. The van der Waals surface area contributed by atoms with Crippen molar-refractivity contribution in [3.05, 3.63) is 72.1 Å². The number of nitrogens with zero attached hydrogens (tertiary/aromatic N) is 3. The fraction of sp³-hybridized carbons (Fsp3) is 0.227. The molecule has 4 rings (SSSR count). The number of nitrogens with two attached hydrogens (primary N) is 1. The molecule has 1 saturated carbocycles. The summed E-state index contributed by atoms with van der Waals surface area (Å²) in [6.07, 6.45) is 6.31. The highest BCUT2D eigenvalue weighted by Crippen LogP contribution is 2.36. The minimum atomic E-state index is -1.06. The van der Waals surface area contributed by atoms with Gasteiger partial charge in [0.2, 0.25) is 5.91 Å². The van der Waals surface area contributed by atoms with Gasteiger partial charge in [0.05, 0.1) is 40.6 Å².